The lowest BCUT2D eigenvalue weighted by atomic mass is 9.92. The molecule has 2 rings (SSSR count). The predicted octanol–water partition coefficient (Wildman–Crippen LogP) is 1.94. The third kappa shape index (κ3) is 2.71. The highest BCUT2D eigenvalue weighted by Gasteiger charge is 2.25. The molecule has 0 aliphatic rings. The smallest absolute Gasteiger partial charge is 0.164 e. The number of anilines is 1. The van der Waals surface area contributed by atoms with Crippen molar-refractivity contribution in [3.8, 4) is 0 Å². The van der Waals surface area contributed by atoms with Crippen LogP contribution < -0.4 is 5.32 Å². The number of aromatic nitrogens is 4. The molecule has 6 nitrogen and oxygen atoms in total. The number of aryl methyl sites for hydroxylation is 1. The molecule has 2 aromatic heterocycles. The van der Waals surface area contributed by atoms with E-state index in [4.69, 9.17) is 0 Å². The summed E-state index contributed by atoms with van der Waals surface area (Å²) in [7, 11) is 1.83. The van der Waals surface area contributed by atoms with Crippen LogP contribution in [0.25, 0.3) is 11.0 Å². The van der Waals surface area contributed by atoms with E-state index in [0.29, 0.717) is 17.0 Å². The van der Waals surface area contributed by atoms with Crippen LogP contribution in [0.1, 0.15) is 20.8 Å². The van der Waals surface area contributed by atoms with Gasteiger partial charge in [0.2, 0.25) is 0 Å². The van der Waals surface area contributed by atoms with Gasteiger partial charge in [0.05, 0.1) is 11.0 Å². The molecule has 2 heterocycles. The van der Waals surface area contributed by atoms with Gasteiger partial charge >= 0.3 is 0 Å². The van der Waals surface area contributed by atoms with Crippen molar-refractivity contribution in [2.24, 2.45) is 13.0 Å². The molecule has 0 saturated heterocycles. The van der Waals surface area contributed by atoms with Crippen LogP contribution in [0.4, 0.5) is 5.82 Å². The van der Waals surface area contributed by atoms with Crippen LogP contribution in [-0.4, -0.2) is 37.0 Å². The van der Waals surface area contributed by atoms with Crippen LogP contribution >= 0.6 is 15.9 Å². The molecular formula is C12H18BrN5O. The average Bonchev–Trinajstić information content (AvgIpc) is 2.63. The van der Waals surface area contributed by atoms with E-state index in [1.54, 1.807) is 11.6 Å². The topological polar surface area (TPSA) is 75.9 Å². The molecule has 0 aliphatic carbocycles. The minimum absolute atomic E-state index is 0.148. The SMILES string of the molecule is CC(C)C(C)(O)CNc1ncnc2c1c(Br)nn2C. The summed E-state index contributed by atoms with van der Waals surface area (Å²) < 4.78 is 2.38. The Bertz CT molecular complexity index is 593. The molecular weight excluding hydrogens is 310 g/mol. The molecule has 0 spiro atoms. The first-order valence-corrected chi connectivity index (χ1v) is 6.91. The van der Waals surface area contributed by atoms with Crippen molar-refractivity contribution in [3.05, 3.63) is 10.9 Å². The summed E-state index contributed by atoms with van der Waals surface area (Å²) in [4.78, 5) is 8.43. The number of rotatable bonds is 4. The number of halogens is 1. The summed E-state index contributed by atoms with van der Waals surface area (Å²) >= 11 is 3.40. The normalized spacial score (nSPS) is 14.9. The van der Waals surface area contributed by atoms with Crippen LogP contribution in [0, 0.1) is 5.92 Å². The Morgan fingerprint density at radius 2 is 2.16 bits per heavy atom. The van der Waals surface area contributed by atoms with Crippen LogP contribution in [0.2, 0.25) is 0 Å². The van der Waals surface area contributed by atoms with Gasteiger partial charge in [-0.05, 0) is 28.8 Å². The molecule has 1 atom stereocenters. The fourth-order valence-electron chi connectivity index (χ4n) is 1.64. The van der Waals surface area contributed by atoms with E-state index >= 15 is 0 Å². The zero-order valence-electron chi connectivity index (χ0n) is 11.5. The Balaban J connectivity index is 2.31. The standard InChI is InChI=1S/C12H18BrN5O/c1-7(2)12(3,19)5-14-10-8-9(13)17-18(4)11(8)16-6-15-10/h6-7,19H,5H2,1-4H3,(H,14,15,16). The molecule has 2 N–H and O–H groups in total. The Morgan fingerprint density at radius 1 is 1.47 bits per heavy atom. The molecule has 0 fully saturated rings. The molecule has 104 valence electrons. The number of hydrogen-bond acceptors (Lipinski definition) is 5. The van der Waals surface area contributed by atoms with Crippen LogP contribution in [-0.2, 0) is 7.05 Å². The maximum Gasteiger partial charge on any atom is 0.164 e. The number of aliphatic hydroxyl groups is 1. The lowest BCUT2D eigenvalue weighted by Crippen LogP contribution is -2.38. The number of hydrogen-bond donors (Lipinski definition) is 2. The summed E-state index contributed by atoms with van der Waals surface area (Å²) in [5.41, 5.74) is -0.0556. The largest absolute Gasteiger partial charge is 0.388 e. The molecule has 2 aromatic rings. The van der Waals surface area contributed by atoms with Gasteiger partial charge in [-0.1, -0.05) is 13.8 Å². The van der Waals surface area contributed by atoms with E-state index in [2.05, 4.69) is 36.3 Å². The van der Waals surface area contributed by atoms with Crippen molar-refractivity contribution in [2.75, 3.05) is 11.9 Å². The average molecular weight is 328 g/mol. The van der Waals surface area contributed by atoms with E-state index < -0.39 is 5.60 Å². The van der Waals surface area contributed by atoms with Crippen LogP contribution in [0.15, 0.2) is 10.9 Å². The Hall–Kier alpha value is -1.21. The van der Waals surface area contributed by atoms with Crippen LogP contribution in [0.3, 0.4) is 0 Å². The van der Waals surface area contributed by atoms with Gasteiger partial charge in [0.1, 0.15) is 16.7 Å². The van der Waals surface area contributed by atoms with Gasteiger partial charge in [-0.15, -0.1) is 0 Å². The number of nitrogens with one attached hydrogen (secondary N) is 1. The Morgan fingerprint density at radius 3 is 2.79 bits per heavy atom. The van der Waals surface area contributed by atoms with Crippen molar-refractivity contribution in [1.29, 1.82) is 0 Å². The lowest BCUT2D eigenvalue weighted by molar-refractivity contribution is 0.0266. The lowest BCUT2D eigenvalue weighted by Gasteiger charge is -2.28. The van der Waals surface area contributed by atoms with Gasteiger partial charge < -0.3 is 10.4 Å². The van der Waals surface area contributed by atoms with Gasteiger partial charge in [-0.2, -0.15) is 5.10 Å². The van der Waals surface area contributed by atoms with E-state index in [1.807, 2.05) is 20.9 Å². The summed E-state index contributed by atoms with van der Waals surface area (Å²) in [6, 6.07) is 0. The minimum Gasteiger partial charge on any atom is -0.388 e. The molecule has 0 amide bonds. The van der Waals surface area contributed by atoms with E-state index in [-0.39, 0.29) is 5.92 Å². The molecule has 0 bridgehead atoms. The highest BCUT2D eigenvalue weighted by molar-refractivity contribution is 9.10. The first kappa shape index (κ1) is 14.2. The fraction of sp³-hybridized carbons (Fsp3) is 0.583. The molecule has 19 heavy (non-hydrogen) atoms. The van der Waals surface area contributed by atoms with E-state index in [1.165, 1.54) is 6.33 Å². The van der Waals surface area contributed by atoms with Crippen molar-refractivity contribution in [1.82, 2.24) is 19.7 Å². The van der Waals surface area contributed by atoms with Crippen molar-refractivity contribution >= 4 is 32.8 Å². The molecule has 0 aliphatic heterocycles. The summed E-state index contributed by atoms with van der Waals surface area (Å²) in [6.45, 7) is 6.19. The summed E-state index contributed by atoms with van der Waals surface area (Å²) in [6.07, 6.45) is 1.49. The predicted molar refractivity (Wildman–Crippen MR) is 78.0 cm³/mol. The van der Waals surface area contributed by atoms with Crippen LogP contribution in [0.5, 0.6) is 0 Å². The first-order valence-electron chi connectivity index (χ1n) is 6.12. The summed E-state index contributed by atoms with van der Waals surface area (Å²) in [5.74, 6) is 0.820. The molecule has 0 radical (unpaired) electrons. The third-order valence-corrected chi connectivity index (χ3v) is 3.99. The monoisotopic (exact) mass is 327 g/mol. The Labute approximate surface area is 120 Å². The van der Waals surface area contributed by atoms with Gasteiger partial charge in [0, 0.05) is 13.6 Å². The van der Waals surface area contributed by atoms with Gasteiger partial charge in [0.25, 0.3) is 0 Å². The number of fused-ring (bicyclic) bond motifs is 1. The molecule has 7 heteroatoms. The van der Waals surface area contributed by atoms with Crippen molar-refractivity contribution in [2.45, 2.75) is 26.4 Å². The quantitative estimate of drug-likeness (QED) is 0.897. The van der Waals surface area contributed by atoms with Gasteiger partial charge in [-0.25, -0.2) is 14.6 Å². The third-order valence-electron chi connectivity index (χ3n) is 3.44. The highest BCUT2D eigenvalue weighted by Crippen LogP contribution is 2.27. The second-order valence-corrected chi connectivity index (χ2v) is 5.95. The molecule has 0 saturated carbocycles. The fourth-order valence-corrected chi connectivity index (χ4v) is 2.24. The zero-order chi connectivity index (χ0) is 14.2. The molecule has 0 aromatic carbocycles. The van der Waals surface area contributed by atoms with E-state index in [0.717, 1.165) is 11.0 Å². The van der Waals surface area contributed by atoms with Crippen molar-refractivity contribution in [3.63, 3.8) is 0 Å². The number of nitrogens with zero attached hydrogens (tertiary/aromatic N) is 4. The van der Waals surface area contributed by atoms with E-state index in [9.17, 15) is 5.11 Å². The maximum atomic E-state index is 10.3. The second-order valence-electron chi connectivity index (χ2n) is 5.20. The second kappa shape index (κ2) is 5.05. The van der Waals surface area contributed by atoms with Gasteiger partial charge in [0.15, 0.2) is 5.65 Å². The summed E-state index contributed by atoms with van der Waals surface area (Å²) in [5, 5.41) is 18.5. The molecule has 1 unspecified atom stereocenters. The highest BCUT2D eigenvalue weighted by atomic mass is 79.9. The zero-order valence-corrected chi connectivity index (χ0v) is 13.1. The first-order chi connectivity index (χ1) is 8.83. The minimum atomic E-state index is -0.800. The van der Waals surface area contributed by atoms with Crippen molar-refractivity contribution < 1.29 is 5.11 Å². The Kier molecular flexibility index (Phi) is 3.78. The maximum absolute atomic E-state index is 10.3. The van der Waals surface area contributed by atoms with Gasteiger partial charge in [-0.3, -0.25) is 0 Å².